The quantitative estimate of drug-likeness (QED) is 0.865. The molecule has 2 rings (SSSR count). The van der Waals surface area contributed by atoms with Crippen molar-refractivity contribution in [1.29, 1.82) is 0 Å². The molecular formula is C15H20F2N2O2. The second-order valence-corrected chi connectivity index (χ2v) is 5.35. The largest absolute Gasteiger partial charge is 0.395 e. The van der Waals surface area contributed by atoms with Crippen molar-refractivity contribution in [2.45, 2.75) is 25.8 Å². The number of carbonyl (C=O) groups excluding carboxylic acids is 1. The Kier molecular flexibility index (Phi) is 5.25. The smallest absolute Gasteiger partial charge is 0.256 e. The molecule has 0 bridgehead atoms. The summed E-state index contributed by atoms with van der Waals surface area (Å²) in [6, 6.07) is 2.11. The summed E-state index contributed by atoms with van der Waals surface area (Å²) in [6.07, 6.45) is 1.98. The van der Waals surface area contributed by atoms with Gasteiger partial charge in [0.1, 0.15) is 11.6 Å². The van der Waals surface area contributed by atoms with Gasteiger partial charge in [0.2, 0.25) is 0 Å². The van der Waals surface area contributed by atoms with Crippen LogP contribution in [0.2, 0.25) is 0 Å². The van der Waals surface area contributed by atoms with Gasteiger partial charge < -0.3 is 15.3 Å². The number of benzene rings is 1. The topological polar surface area (TPSA) is 52.6 Å². The van der Waals surface area contributed by atoms with Gasteiger partial charge in [0.25, 0.3) is 5.91 Å². The predicted octanol–water partition coefficient (Wildman–Crippen LogP) is 1.46. The van der Waals surface area contributed by atoms with E-state index in [-0.39, 0.29) is 30.3 Å². The van der Waals surface area contributed by atoms with Gasteiger partial charge >= 0.3 is 0 Å². The number of aliphatic hydroxyl groups excluding tert-OH is 1. The van der Waals surface area contributed by atoms with E-state index in [1.54, 1.807) is 0 Å². The van der Waals surface area contributed by atoms with E-state index < -0.39 is 17.5 Å². The first-order chi connectivity index (χ1) is 10.0. The first-order valence-electron chi connectivity index (χ1n) is 7.12. The van der Waals surface area contributed by atoms with Crippen LogP contribution in [0.25, 0.3) is 0 Å². The highest BCUT2D eigenvalue weighted by molar-refractivity contribution is 5.94. The molecule has 1 aliphatic rings. The first-order valence-corrected chi connectivity index (χ1v) is 7.12. The molecule has 1 heterocycles. The molecule has 1 atom stereocenters. The normalized spacial score (nSPS) is 18.0. The van der Waals surface area contributed by atoms with E-state index >= 15 is 0 Å². The molecule has 1 amide bonds. The van der Waals surface area contributed by atoms with Crippen LogP contribution in [0.5, 0.6) is 0 Å². The van der Waals surface area contributed by atoms with Crippen LogP contribution in [-0.4, -0.2) is 48.2 Å². The van der Waals surface area contributed by atoms with Crippen molar-refractivity contribution < 1.29 is 18.7 Å². The summed E-state index contributed by atoms with van der Waals surface area (Å²) in [5.74, 6) is -2.06. The Hall–Kier alpha value is -1.53. The molecule has 116 valence electrons. The molecule has 2 N–H and O–H groups in total. The minimum Gasteiger partial charge on any atom is -0.395 e. The molecule has 0 saturated carbocycles. The van der Waals surface area contributed by atoms with Gasteiger partial charge in [-0.3, -0.25) is 4.79 Å². The summed E-state index contributed by atoms with van der Waals surface area (Å²) < 4.78 is 27.1. The Morgan fingerprint density at radius 3 is 2.81 bits per heavy atom. The molecule has 1 aromatic carbocycles. The Bertz CT molecular complexity index is 517. The molecule has 0 aromatic heterocycles. The van der Waals surface area contributed by atoms with Crippen LogP contribution in [0.15, 0.2) is 12.1 Å². The lowest BCUT2D eigenvalue weighted by atomic mass is 10.1. The number of hydrogen-bond acceptors (Lipinski definition) is 3. The van der Waals surface area contributed by atoms with Crippen molar-refractivity contribution in [2.75, 3.05) is 26.2 Å². The zero-order valence-corrected chi connectivity index (χ0v) is 12.0. The van der Waals surface area contributed by atoms with Crippen LogP contribution in [0.4, 0.5) is 8.78 Å². The van der Waals surface area contributed by atoms with Gasteiger partial charge in [-0.2, -0.15) is 0 Å². The lowest BCUT2D eigenvalue weighted by Crippen LogP contribution is -2.42. The van der Waals surface area contributed by atoms with E-state index in [4.69, 9.17) is 5.11 Å². The molecule has 0 spiro atoms. The van der Waals surface area contributed by atoms with Gasteiger partial charge in [-0.1, -0.05) is 0 Å². The molecule has 6 heteroatoms. The fraction of sp³-hybridized carbons (Fsp3) is 0.533. The summed E-state index contributed by atoms with van der Waals surface area (Å²) in [5.41, 5.74) is 0.0723. The first kappa shape index (κ1) is 15.9. The maximum absolute atomic E-state index is 13.8. The molecule has 1 unspecified atom stereocenters. The van der Waals surface area contributed by atoms with E-state index in [9.17, 15) is 13.6 Å². The Balaban J connectivity index is 2.19. The average molecular weight is 298 g/mol. The average Bonchev–Trinajstić information content (AvgIpc) is 2.94. The van der Waals surface area contributed by atoms with Crippen molar-refractivity contribution in [3.8, 4) is 0 Å². The van der Waals surface area contributed by atoms with E-state index in [1.165, 1.54) is 17.9 Å². The van der Waals surface area contributed by atoms with Crippen molar-refractivity contribution in [3.63, 3.8) is 0 Å². The summed E-state index contributed by atoms with van der Waals surface area (Å²) in [5, 5.41) is 12.4. The van der Waals surface area contributed by atoms with Crippen LogP contribution in [0.3, 0.4) is 0 Å². The molecule has 1 fully saturated rings. The fourth-order valence-electron chi connectivity index (χ4n) is 2.57. The third kappa shape index (κ3) is 3.77. The zero-order chi connectivity index (χ0) is 15.4. The number of aryl methyl sites for hydroxylation is 1. The number of rotatable bonds is 5. The summed E-state index contributed by atoms with van der Waals surface area (Å²) in [7, 11) is 0. The Morgan fingerprint density at radius 2 is 2.19 bits per heavy atom. The highest BCUT2D eigenvalue weighted by atomic mass is 19.1. The number of nitrogens with one attached hydrogen (secondary N) is 1. The molecule has 1 aromatic rings. The standard InChI is InChI=1S/C15H20F2N2O2/c1-10-7-12(14(17)8-13(10)16)15(21)19(5-6-20)9-11-3-2-4-18-11/h7-8,11,18,20H,2-6,9H2,1H3. The SMILES string of the molecule is Cc1cc(C(=O)N(CCO)CC2CCCN2)c(F)cc1F. The number of hydrogen-bond donors (Lipinski definition) is 2. The number of aliphatic hydroxyl groups is 1. The highest BCUT2D eigenvalue weighted by Gasteiger charge is 2.24. The maximum Gasteiger partial charge on any atom is 0.256 e. The van der Waals surface area contributed by atoms with Crippen LogP contribution in [0.1, 0.15) is 28.8 Å². The highest BCUT2D eigenvalue weighted by Crippen LogP contribution is 2.17. The van der Waals surface area contributed by atoms with Crippen molar-refractivity contribution in [2.24, 2.45) is 0 Å². The zero-order valence-electron chi connectivity index (χ0n) is 12.0. The number of halogens is 2. The van der Waals surface area contributed by atoms with Crippen LogP contribution >= 0.6 is 0 Å². The molecule has 1 saturated heterocycles. The van der Waals surface area contributed by atoms with E-state index in [0.29, 0.717) is 6.54 Å². The molecule has 0 aliphatic carbocycles. The van der Waals surface area contributed by atoms with Gasteiger partial charge in [-0.25, -0.2) is 8.78 Å². The van der Waals surface area contributed by atoms with E-state index in [2.05, 4.69) is 5.32 Å². The Morgan fingerprint density at radius 1 is 1.43 bits per heavy atom. The molecule has 21 heavy (non-hydrogen) atoms. The van der Waals surface area contributed by atoms with Gasteiger partial charge in [0, 0.05) is 25.2 Å². The lowest BCUT2D eigenvalue weighted by molar-refractivity contribution is 0.0701. The number of carbonyl (C=O) groups is 1. The third-order valence-corrected chi connectivity index (χ3v) is 3.74. The van der Waals surface area contributed by atoms with Crippen LogP contribution in [-0.2, 0) is 0 Å². The van der Waals surface area contributed by atoms with Gasteiger partial charge in [0.15, 0.2) is 0 Å². The van der Waals surface area contributed by atoms with Gasteiger partial charge in [0.05, 0.1) is 12.2 Å². The Labute approximate surface area is 122 Å². The van der Waals surface area contributed by atoms with E-state index in [0.717, 1.165) is 25.5 Å². The second-order valence-electron chi connectivity index (χ2n) is 5.35. The van der Waals surface area contributed by atoms with Gasteiger partial charge in [-0.15, -0.1) is 0 Å². The van der Waals surface area contributed by atoms with Crippen molar-refractivity contribution in [3.05, 3.63) is 34.9 Å². The van der Waals surface area contributed by atoms with Gasteiger partial charge in [-0.05, 0) is 37.9 Å². The van der Waals surface area contributed by atoms with E-state index in [1.807, 2.05) is 0 Å². The summed E-state index contributed by atoms with van der Waals surface area (Å²) in [4.78, 5) is 13.8. The molecular weight excluding hydrogens is 278 g/mol. The van der Waals surface area contributed by atoms with Crippen molar-refractivity contribution in [1.82, 2.24) is 10.2 Å². The minimum absolute atomic E-state index is 0.132. The predicted molar refractivity (Wildman–Crippen MR) is 75.1 cm³/mol. The van der Waals surface area contributed by atoms with Crippen LogP contribution in [0, 0.1) is 18.6 Å². The molecule has 4 nitrogen and oxygen atoms in total. The molecule has 0 radical (unpaired) electrons. The number of amides is 1. The molecule has 1 aliphatic heterocycles. The number of nitrogens with zero attached hydrogens (tertiary/aromatic N) is 1. The second kappa shape index (κ2) is 6.95. The van der Waals surface area contributed by atoms with Crippen LogP contribution < -0.4 is 5.32 Å². The fourth-order valence-corrected chi connectivity index (χ4v) is 2.57. The monoisotopic (exact) mass is 298 g/mol. The summed E-state index contributed by atoms with van der Waals surface area (Å²) in [6.45, 7) is 2.73. The summed E-state index contributed by atoms with van der Waals surface area (Å²) >= 11 is 0. The lowest BCUT2D eigenvalue weighted by Gasteiger charge is -2.25. The third-order valence-electron chi connectivity index (χ3n) is 3.74. The maximum atomic E-state index is 13.8. The van der Waals surface area contributed by atoms with Crippen molar-refractivity contribution >= 4 is 5.91 Å². The minimum atomic E-state index is -0.870.